The molecule has 0 aromatic heterocycles. The first kappa shape index (κ1) is 18.3. The normalized spacial score (nSPS) is 10.5. The summed E-state index contributed by atoms with van der Waals surface area (Å²) >= 11 is 0. The number of carbonyl (C=O) groups is 2. The van der Waals surface area contributed by atoms with E-state index in [0.29, 0.717) is 11.3 Å². The number of likely N-dealkylation sites (N-methyl/N-ethyl adjacent to an activating group) is 1. The summed E-state index contributed by atoms with van der Waals surface area (Å²) in [6.07, 6.45) is 3.23. The topological polar surface area (TPSA) is 55.8 Å². The van der Waals surface area contributed by atoms with Crippen molar-refractivity contribution < 1.29 is 19.1 Å². The largest absolute Gasteiger partial charge is 0.497 e. The zero-order chi connectivity index (χ0) is 18.2. The van der Waals surface area contributed by atoms with Crippen LogP contribution in [-0.4, -0.2) is 44.4 Å². The molecule has 0 aliphatic heterocycles. The van der Waals surface area contributed by atoms with Crippen LogP contribution in [0.2, 0.25) is 0 Å². The lowest BCUT2D eigenvalue weighted by Gasteiger charge is -2.11. The van der Waals surface area contributed by atoms with E-state index in [-0.39, 0.29) is 18.3 Å². The SMILES string of the molecule is COc1cccc(C=CC(=O)c2cccc(OCC(=O)N(C)C)c2)c1. The number of carbonyl (C=O) groups excluding carboxylic acids is 2. The Hall–Kier alpha value is -3.08. The molecule has 2 rings (SSSR count). The van der Waals surface area contributed by atoms with Gasteiger partial charge in [-0.2, -0.15) is 0 Å². The van der Waals surface area contributed by atoms with E-state index in [4.69, 9.17) is 9.47 Å². The Balaban J connectivity index is 2.05. The minimum absolute atomic E-state index is 0.0652. The maximum absolute atomic E-state index is 12.3. The van der Waals surface area contributed by atoms with Crippen LogP contribution >= 0.6 is 0 Å². The lowest BCUT2D eigenvalue weighted by molar-refractivity contribution is -0.130. The molecule has 5 nitrogen and oxygen atoms in total. The molecule has 0 saturated carbocycles. The number of rotatable bonds is 7. The van der Waals surface area contributed by atoms with Gasteiger partial charge in [0, 0.05) is 19.7 Å². The number of nitrogens with zero attached hydrogens (tertiary/aromatic N) is 1. The van der Waals surface area contributed by atoms with Gasteiger partial charge in [0.15, 0.2) is 12.4 Å². The lowest BCUT2D eigenvalue weighted by atomic mass is 10.1. The standard InChI is InChI=1S/C20H21NO4/c1-21(2)20(23)14-25-18-9-5-7-16(13-18)19(22)11-10-15-6-4-8-17(12-15)24-3/h4-13H,14H2,1-3H3. The highest BCUT2D eigenvalue weighted by molar-refractivity contribution is 6.07. The van der Waals surface area contributed by atoms with Gasteiger partial charge in [-0.25, -0.2) is 0 Å². The van der Waals surface area contributed by atoms with Crippen molar-refractivity contribution in [3.8, 4) is 11.5 Å². The minimum atomic E-state index is -0.146. The first-order valence-corrected chi connectivity index (χ1v) is 7.79. The second-order valence-electron chi connectivity index (χ2n) is 5.58. The molecule has 0 aliphatic carbocycles. The summed E-state index contributed by atoms with van der Waals surface area (Å²) in [5.41, 5.74) is 1.37. The molecule has 130 valence electrons. The third-order valence-corrected chi connectivity index (χ3v) is 3.50. The molecular weight excluding hydrogens is 318 g/mol. The number of amides is 1. The maximum Gasteiger partial charge on any atom is 0.259 e. The van der Waals surface area contributed by atoms with E-state index < -0.39 is 0 Å². The Bertz CT molecular complexity index is 781. The smallest absolute Gasteiger partial charge is 0.259 e. The van der Waals surface area contributed by atoms with Crippen LogP contribution in [0.4, 0.5) is 0 Å². The predicted octanol–water partition coefficient (Wildman–Crippen LogP) is 3.06. The number of hydrogen-bond acceptors (Lipinski definition) is 4. The van der Waals surface area contributed by atoms with Crippen molar-refractivity contribution in [3.63, 3.8) is 0 Å². The first-order chi connectivity index (χ1) is 12.0. The van der Waals surface area contributed by atoms with E-state index in [1.54, 1.807) is 51.5 Å². The van der Waals surface area contributed by atoms with Crippen LogP contribution in [0.25, 0.3) is 6.08 Å². The van der Waals surface area contributed by atoms with Gasteiger partial charge in [0.1, 0.15) is 11.5 Å². The van der Waals surface area contributed by atoms with Gasteiger partial charge in [-0.3, -0.25) is 9.59 Å². The highest BCUT2D eigenvalue weighted by Gasteiger charge is 2.07. The summed E-state index contributed by atoms with van der Waals surface area (Å²) in [6, 6.07) is 14.2. The molecular formula is C20H21NO4. The van der Waals surface area contributed by atoms with Crippen LogP contribution in [0, 0.1) is 0 Å². The summed E-state index contributed by atoms with van der Waals surface area (Å²) in [4.78, 5) is 25.3. The average molecular weight is 339 g/mol. The molecule has 2 aromatic rings. The van der Waals surface area contributed by atoms with Crippen molar-refractivity contribution >= 4 is 17.8 Å². The summed E-state index contributed by atoms with van der Waals surface area (Å²) in [5, 5.41) is 0. The van der Waals surface area contributed by atoms with E-state index in [1.165, 1.54) is 11.0 Å². The van der Waals surface area contributed by atoms with Crippen LogP contribution in [0.3, 0.4) is 0 Å². The Morgan fingerprint density at radius 2 is 1.76 bits per heavy atom. The highest BCUT2D eigenvalue weighted by atomic mass is 16.5. The Kier molecular flexibility index (Phi) is 6.34. The molecule has 0 bridgehead atoms. The Labute approximate surface area is 147 Å². The molecule has 25 heavy (non-hydrogen) atoms. The van der Waals surface area contributed by atoms with Crippen LogP contribution in [-0.2, 0) is 4.79 Å². The fourth-order valence-electron chi connectivity index (χ4n) is 2.03. The zero-order valence-corrected chi connectivity index (χ0v) is 14.6. The van der Waals surface area contributed by atoms with Gasteiger partial charge in [-0.1, -0.05) is 30.3 Å². The molecule has 0 atom stereocenters. The van der Waals surface area contributed by atoms with Gasteiger partial charge in [-0.15, -0.1) is 0 Å². The van der Waals surface area contributed by atoms with E-state index >= 15 is 0 Å². The van der Waals surface area contributed by atoms with Crippen molar-refractivity contribution in [2.24, 2.45) is 0 Å². The van der Waals surface area contributed by atoms with E-state index in [1.807, 2.05) is 24.3 Å². The fourth-order valence-corrected chi connectivity index (χ4v) is 2.03. The quantitative estimate of drug-likeness (QED) is 0.575. The van der Waals surface area contributed by atoms with Crippen molar-refractivity contribution in [3.05, 3.63) is 65.7 Å². The third-order valence-electron chi connectivity index (χ3n) is 3.50. The summed E-state index contributed by atoms with van der Waals surface area (Å²) < 4.78 is 10.6. The van der Waals surface area contributed by atoms with Gasteiger partial charge >= 0.3 is 0 Å². The van der Waals surface area contributed by atoms with Gasteiger partial charge in [0.05, 0.1) is 7.11 Å². The van der Waals surface area contributed by atoms with Crippen molar-refractivity contribution in [1.29, 1.82) is 0 Å². The molecule has 0 aliphatic rings. The van der Waals surface area contributed by atoms with Crippen LogP contribution in [0.15, 0.2) is 54.6 Å². The molecule has 0 radical (unpaired) electrons. The van der Waals surface area contributed by atoms with E-state index in [2.05, 4.69) is 0 Å². The van der Waals surface area contributed by atoms with Crippen molar-refractivity contribution in [2.75, 3.05) is 27.8 Å². The maximum atomic E-state index is 12.3. The van der Waals surface area contributed by atoms with Gasteiger partial charge in [0.25, 0.3) is 5.91 Å². The van der Waals surface area contributed by atoms with E-state index in [9.17, 15) is 9.59 Å². The summed E-state index contributed by atoms with van der Waals surface area (Å²) in [6.45, 7) is -0.0652. The Morgan fingerprint density at radius 3 is 2.48 bits per heavy atom. The van der Waals surface area contributed by atoms with Crippen LogP contribution in [0.5, 0.6) is 11.5 Å². The molecule has 0 fully saturated rings. The molecule has 5 heteroatoms. The lowest BCUT2D eigenvalue weighted by Crippen LogP contribution is -2.27. The summed E-state index contributed by atoms with van der Waals surface area (Å²) in [5.74, 6) is 0.924. The number of benzene rings is 2. The van der Waals surface area contributed by atoms with Gasteiger partial charge in [0.2, 0.25) is 0 Å². The molecule has 2 aromatic carbocycles. The number of ketones is 1. The number of hydrogen-bond donors (Lipinski definition) is 0. The zero-order valence-electron chi connectivity index (χ0n) is 14.6. The number of ether oxygens (including phenoxy) is 2. The van der Waals surface area contributed by atoms with Gasteiger partial charge in [-0.05, 0) is 35.9 Å². The van der Waals surface area contributed by atoms with Crippen LogP contribution < -0.4 is 9.47 Å². The molecule has 1 amide bonds. The highest BCUT2D eigenvalue weighted by Crippen LogP contribution is 2.16. The van der Waals surface area contributed by atoms with Crippen LogP contribution in [0.1, 0.15) is 15.9 Å². The van der Waals surface area contributed by atoms with Gasteiger partial charge < -0.3 is 14.4 Å². The molecule has 0 spiro atoms. The second-order valence-corrected chi connectivity index (χ2v) is 5.58. The first-order valence-electron chi connectivity index (χ1n) is 7.79. The number of methoxy groups -OCH3 is 1. The minimum Gasteiger partial charge on any atom is -0.497 e. The Morgan fingerprint density at radius 1 is 1.04 bits per heavy atom. The predicted molar refractivity (Wildman–Crippen MR) is 97.0 cm³/mol. The molecule has 0 unspecified atom stereocenters. The summed E-state index contributed by atoms with van der Waals surface area (Å²) in [7, 11) is 4.92. The second kappa shape index (κ2) is 8.68. The fraction of sp³-hybridized carbons (Fsp3) is 0.200. The monoisotopic (exact) mass is 339 g/mol. The molecule has 0 saturated heterocycles. The number of allylic oxidation sites excluding steroid dienone is 1. The molecule has 0 heterocycles. The third kappa shape index (κ3) is 5.49. The van der Waals surface area contributed by atoms with Crippen molar-refractivity contribution in [1.82, 2.24) is 4.90 Å². The van der Waals surface area contributed by atoms with E-state index in [0.717, 1.165) is 11.3 Å². The van der Waals surface area contributed by atoms with Crippen molar-refractivity contribution in [2.45, 2.75) is 0 Å². The molecule has 0 N–H and O–H groups in total. The average Bonchev–Trinajstić information content (AvgIpc) is 2.64.